The molecular weight excluding hydrogens is 165 g/mol. The molecule has 70 valence electrons. The van der Waals surface area contributed by atoms with Crippen molar-refractivity contribution < 1.29 is 13.2 Å². The fourth-order valence-corrected chi connectivity index (χ4v) is 3.14. The summed E-state index contributed by atoms with van der Waals surface area (Å²) in [6.45, 7) is 1.77. The van der Waals surface area contributed by atoms with E-state index in [0.717, 1.165) is 19.3 Å². The lowest BCUT2D eigenvalue weighted by Crippen LogP contribution is -2.33. The lowest BCUT2D eigenvalue weighted by Gasteiger charge is -2.29. The second kappa shape index (κ2) is 2.39. The predicted molar refractivity (Wildman–Crippen MR) is 39.5 cm³/mol. The van der Waals surface area contributed by atoms with Gasteiger partial charge < -0.3 is 0 Å². The van der Waals surface area contributed by atoms with Crippen LogP contribution in [0, 0.1) is 23.7 Å². The van der Waals surface area contributed by atoms with Gasteiger partial charge in [0.2, 0.25) is 0 Å². The van der Waals surface area contributed by atoms with Gasteiger partial charge in [-0.15, -0.1) is 0 Å². The maximum Gasteiger partial charge on any atom is 0.392 e. The first-order valence-corrected chi connectivity index (χ1v) is 4.57. The minimum absolute atomic E-state index is 0.0509. The molecule has 2 aliphatic rings. The van der Waals surface area contributed by atoms with E-state index in [1.54, 1.807) is 6.92 Å². The van der Waals surface area contributed by atoms with Gasteiger partial charge in [0.15, 0.2) is 0 Å². The zero-order valence-electron chi connectivity index (χ0n) is 7.06. The molecule has 0 heterocycles. The molecule has 12 heavy (non-hydrogen) atoms. The molecule has 4 unspecified atom stereocenters. The van der Waals surface area contributed by atoms with Crippen molar-refractivity contribution >= 4 is 0 Å². The van der Waals surface area contributed by atoms with Crippen molar-refractivity contribution in [1.29, 1.82) is 0 Å². The van der Waals surface area contributed by atoms with Crippen molar-refractivity contribution in [2.24, 2.45) is 23.7 Å². The highest BCUT2D eigenvalue weighted by atomic mass is 19.4. The predicted octanol–water partition coefficient (Wildman–Crippen LogP) is 3.23. The fraction of sp³-hybridized carbons (Fsp3) is 1.00. The Kier molecular flexibility index (Phi) is 1.67. The number of halogens is 3. The van der Waals surface area contributed by atoms with Crippen LogP contribution in [0.5, 0.6) is 0 Å². The lowest BCUT2D eigenvalue weighted by atomic mass is 9.80. The molecule has 0 radical (unpaired) electrons. The van der Waals surface area contributed by atoms with E-state index < -0.39 is 12.1 Å². The number of alkyl halides is 3. The normalized spacial score (nSPS) is 47.0. The molecule has 2 fully saturated rings. The summed E-state index contributed by atoms with van der Waals surface area (Å²) in [5.41, 5.74) is 0. The Morgan fingerprint density at radius 2 is 1.67 bits per heavy atom. The average Bonchev–Trinajstić information content (AvgIpc) is 2.42. The van der Waals surface area contributed by atoms with Crippen molar-refractivity contribution in [3.05, 3.63) is 0 Å². The lowest BCUT2D eigenvalue weighted by molar-refractivity contribution is -0.198. The van der Waals surface area contributed by atoms with Crippen molar-refractivity contribution in [2.45, 2.75) is 32.4 Å². The van der Waals surface area contributed by atoms with Gasteiger partial charge in [0.05, 0.1) is 5.92 Å². The molecule has 0 spiro atoms. The summed E-state index contributed by atoms with van der Waals surface area (Å²) in [5.74, 6) is -0.799. The molecule has 0 aromatic rings. The van der Waals surface area contributed by atoms with E-state index in [0.29, 0.717) is 5.92 Å². The largest absolute Gasteiger partial charge is 0.392 e. The quantitative estimate of drug-likeness (QED) is 0.534. The number of fused-ring (bicyclic) bond motifs is 2. The summed E-state index contributed by atoms with van der Waals surface area (Å²) in [5, 5.41) is 0. The highest BCUT2D eigenvalue weighted by molar-refractivity contribution is 4.97. The third-order valence-electron chi connectivity index (χ3n) is 3.71. The van der Waals surface area contributed by atoms with Crippen LogP contribution < -0.4 is 0 Å². The van der Waals surface area contributed by atoms with Crippen LogP contribution in [0.3, 0.4) is 0 Å². The maximum absolute atomic E-state index is 12.5. The van der Waals surface area contributed by atoms with Crippen LogP contribution in [-0.4, -0.2) is 6.18 Å². The summed E-state index contributed by atoms with van der Waals surface area (Å²) in [4.78, 5) is 0. The third-order valence-corrected chi connectivity index (χ3v) is 3.71. The van der Waals surface area contributed by atoms with E-state index in [1.165, 1.54) is 0 Å². The molecule has 0 aliphatic heterocycles. The van der Waals surface area contributed by atoms with Gasteiger partial charge in [-0.1, -0.05) is 6.92 Å². The van der Waals surface area contributed by atoms with Crippen molar-refractivity contribution in [2.75, 3.05) is 0 Å². The van der Waals surface area contributed by atoms with Gasteiger partial charge in [0, 0.05) is 0 Å². The van der Waals surface area contributed by atoms with Gasteiger partial charge in [0.1, 0.15) is 0 Å². The van der Waals surface area contributed by atoms with Crippen molar-refractivity contribution in [3.8, 4) is 0 Å². The van der Waals surface area contributed by atoms with E-state index in [-0.39, 0.29) is 11.8 Å². The summed E-state index contributed by atoms with van der Waals surface area (Å²) in [6.07, 6.45) is -1.29. The molecule has 2 rings (SSSR count). The zero-order chi connectivity index (χ0) is 8.93. The molecule has 0 N–H and O–H groups in total. The first kappa shape index (κ1) is 8.39. The van der Waals surface area contributed by atoms with Gasteiger partial charge in [0.25, 0.3) is 0 Å². The maximum atomic E-state index is 12.5. The average molecular weight is 178 g/mol. The second-order valence-corrected chi connectivity index (χ2v) is 4.26. The minimum atomic E-state index is -3.95. The monoisotopic (exact) mass is 178 g/mol. The van der Waals surface area contributed by atoms with Crippen molar-refractivity contribution in [3.63, 3.8) is 0 Å². The fourth-order valence-electron chi connectivity index (χ4n) is 3.14. The topological polar surface area (TPSA) is 0 Å². The van der Waals surface area contributed by atoms with Crippen molar-refractivity contribution in [1.82, 2.24) is 0 Å². The van der Waals surface area contributed by atoms with Crippen LogP contribution in [0.4, 0.5) is 13.2 Å². The second-order valence-electron chi connectivity index (χ2n) is 4.26. The molecule has 2 bridgehead atoms. The first-order chi connectivity index (χ1) is 5.50. The summed E-state index contributed by atoms with van der Waals surface area (Å²) in [7, 11) is 0. The van der Waals surface area contributed by atoms with Crippen LogP contribution in [0.1, 0.15) is 26.2 Å². The van der Waals surface area contributed by atoms with E-state index in [9.17, 15) is 13.2 Å². The summed E-state index contributed by atoms with van der Waals surface area (Å²) < 4.78 is 37.4. The number of hydrogen-bond acceptors (Lipinski definition) is 0. The molecular formula is C9H13F3. The Bertz CT molecular complexity index is 183. The molecule has 3 heteroatoms. The van der Waals surface area contributed by atoms with Gasteiger partial charge >= 0.3 is 6.18 Å². The molecule has 0 saturated heterocycles. The highest BCUT2D eigenvalue weighted by Crippen LogP contribution is 2.57. The van der Waals surface area contributed by atoms with E-state index >= 15 is 0 Å². The highest BCUT2D eigenvalue weighted by Gasteiger charge is 2.56. The van der Waals surface area contributed by atoms with Gasteiger partial charge in [-0.3, -0.25) is 0 Å². The van der Waals surface area contributed by atoms with E-state index in [2.05, 4.69) is 0 Å². The SMILES string of the molecule is CC1C2CCC(C2)C1C(F)(F)F. The number of rotatable bonds is 0. The molecule has 2 saturated carbocycles. The van der Waals surface area contributed by atoms with E-state index in [4.69, 9.17) is 0 Å². The zero-order valence-corrected chi connectivity index (χ0v) is 7.06. The Morgan fingerprint density at radius 1 is 1.08 bits per heavy atom. The van der Waals surface area contributed by atoms with Crippen LogP contribution in [0.2, 0.25) is 0 Å². The summed E-state index contributed by atoms with van der Waals surface area (Å²) >= 11 is 0. The summed E-state index contributed by atoms with van der Waals surface area (Å²) in [6, 6.07) is 0. The molecule has 0 aromatic carbocycles. The number of hydrogen-bond donors (Lipinski definition) is 0. The van der Waals surface area contributed by atoms with Crippen LogP contribution >= 0.6 is 0 Å². The molecule has 0 aromatic heterocycles. The first-order valence-electron chi connectivity index (χ1n) is 4.57. The smallest absolute Gasteiger partial charge is 0.171 e. The minimum Gasteiger partial charge on any atom is -0.171 e. The molecule has 4 atom stereocenters. The van der Waals surface area contributed by atoms with Crippen LogP contribution in [0.15, 0.2) is 0 Å². The molecule has 2 aliphatic carbocycles. The Hall–Kier alpha value is -0.210. The van der Waals surface area contributed by atoms with Gasteiger partial charge in [-0.25, -0.2) is 0 Å². The van der Waals surface area contributed by atoms with Crippen LogP contribution in [0.25, 0.3) is 0 Å². The van der Waals surface area contributed by atoms with E-state index in [1.807, 2.05) is 0 Å². The standard InChI is InChI=1S/C9H13F3/c1-5-6-2-3-7(4-6)8(5)9(10,11)12/h5-8H,2-4H2,1H3. The molecule has 0 amide bonds. The Morgan fingerprint density at radius 3 is 2.00 bits per heavy atom. The van der Waals surface area contributed by atoms with Gasteiger partial charge in [-0.2, -0.15) is 13.2 Å². The third kappa shape index (κ3) is 1.05. The van der Waals surface area contributed by atoms with Gasteiger partial charge in [-0.05, 0) is 37.0 Å². The van der Waals surface area contributed by atoms with Crippen LogP contribution in [-0.2, 0) is 0 Å². The Balaban J connectivity index is 2.17. The Labute approximate surface area is 70.1 Å². The molecule has 0 nitrogen and oxygen atoms in total.